The van der Waals surface area contributed by atoms with Gasteiger partial charge in [-0.3, -0.25) is 14.4 Å². The number of imide groups is 1. The number of nitrogens with zero attached hydrogens (tertiary/aromatic N) is 1. The van der Waals surface area contributed by atoms with Gasteiger partial charge in [-0.1, -0.05) is 19.1 Å². The third kappa shape index (κ3) is 3.06. The molecule has 0 spiro atoms. The van der Waals surface area contributed by atoms with Gasteiger partial charge in [-0.05, 0) is 43.7 Å². The van der Waals surface area contributed by atoms with E-state index in [1.807, 2.05) is 13.8 Å². The quantitative estimate of drug-likeness (QED) is 0.811. The van der Waals surface area contributed by atoms with Crippen molar-refractivity contribution in [3.63, 3.8) is 0 Å². The fourth-order valence-electron chi connectivity index (χ4n) is 2.86. The van der Waals surface area contributed by atoms with Crippen LogP contribution >= 0.6 is 0 Å². The first-order chi connectivity index (χ1) is 12.6. The molecule has 0 unspecified atom stereocenters. The molecule has 0 radical (unpaired) electrons. The lowest BCUT2D eigenvalue weighted by atomic mass is 10.1. The van der Waals surface area contributed by atoms with Crippen LogP contribution < -0.4 is 15.0 Å². The van der Waals surface area contributed by atoms with Crippen LogP contribution in [0.3, 0.4) is 0 Å². The Morgan fingerprint density at radius 1 is 1.04 bits per heavy atom. The van der Waals surface area contributed by atoms with Crippen molar-refractivity contribution >= 4 is 23.4 Å². The predicted molar refractivity (Wildman–Crippen MR) is 97.8 cm³/mol. The molecule has 1 aliphatic rings. The number of hydrogen-bond donors (Lipinski definition) is 1. The number of nitrogens with one attached hydrogen (secondary N) is 1. The van der Waals surface area contributed by atoms with Crippen LogP contribution in [-0.2, 0) is 0 Å². The highest BCUT2D eigenvalue weighted by Crippen LogP contribution is 2.35. The van der Waals surface area contributed by atoms with E-state index >= 15 is 0 Å². The normalized spacial score (nSPS) is 12.9. The summed E-state index contributed by atoms with van der Waals surface area (Å²) in [4.78, 5) is 38.9. The molecule has 6 nitrogen and oxygen atoms in total. The Labute approximate surface area is 151 Å². The summed E-state index contributed by atoms with van der Waals surface area (Å²) in [5.74, 6) is -0.673. The fourth-order valence-corrected chi connectivity index (χ4v) is 2.86. The molecule has 1 N–H and O–H groups in total. The smallest absolute Gasteiger partial charge is 0.266 e. The van der Waals surface area contributed by atoms with Crippen molar-refractivity contribution in [3.8, 4) is 5.75 Å². The SMILES string of the molecule is CCCNC(=O)c1ccc2c(c1)C(=O)N(c1ccccc1OCC)C2=O. The Balaban J connectivity index is 1.97. The molecule has 0 atom stereocenters. The Bertz CT molecular complexity index is 876. The van der Waals surface area contributed by atoms with Crippen molar-refractivity contribution in [1.29, 1.82) is 0 Å². The molecule has 0 saturated heterocycles. The van der Waals surface area contributed by atoms with Crippen molar-refractivity contribution in [2.75, 3.05) is 18.1 Å². The molecular weight excluding hydrogens is 332 g/mol. The molecule has 134 valence electrons. The highest BCUT2D eigenvalue weighted by Gasteiger charge is 2.38. The summed E-state index contributed by atoms with van der Waals surface area (Å²) < 4.78 is 5.54. The Morgan fingerprint density at radius 2 is 1.77 bits per heavy atom. The van der Waals surface area contributed by atoms with Crippen LogP contribution in [0.25, 0.3) is 0 Å². The Morgan fingerprint density at radius 3 is 2.50 bits per heavy atom. The van der Waals surface area contributed by atoms with Gasteiger partial charge in [0.2, 0.25) is 0 Å². The van der Waals surface area contributed by atoms with Crippen molar-refractivity contribution in [3.05, 3.63) is 59.2 Å². The van der Waals surface area contributed by atoms with Gasteiger partial charge < -0.3 is 10.1 Å². The molecule has 0 saturated carbocycles. The van der Waals surface area contributed by atoms with Crippen molar-refractivity contribution in [2.45, 2.75) is 20.3 Å². The summed E-state index contributed by atoms with van der Waals surface area (Å²) in [7, 11) is 0. The zero-order valence-corrected chi connectivity index (χ0v) is 14.7. The number of para-hydroxylation sites is 2. The number of carbonyl (C=O) groups is 3. The van der Waals surface area contributed by atoms with Crippen LogP contribution in [0.2, 0.25) is 0 Å². The summed E-state index contributed by atoms with van der Waals surface area (Å²) in [6.07, 6.45) is 0.816. The zero-order chi connectivity index (χ0) is 18.7. The van der Waals surface area contributed by atoms with Gasteiger partial charge in [-0.15, -0.1) is 0 Å². The van der Waals surface area contributed by atoms with E-state index in [0.717, 1.165) is 11.3 Å². The summed E-state index contributed by atoms with van der Waals surface area (Å²) >= 11 is 0. The van der Waals surface area contributed by atoms with Gasteiger partial charge in [0.15, 0.2) is 0 Å². The lowest BCUT2D eigenvalue weighted by Gasteiger charge is -2.17. The second kappa shape index (κ2) is 7.39. The summed E-state index contributed by atoms with van der Waals surface area (Å²) in [6.45, 7) is 4.76. The number of rotatable bonds is 6. The monoisotopic (exact) mass is 352 g/mol. The van der Waals surface area contributed by atoms with Crippen LogP contribution in [0.1, 0.15) is 51.3 Å². The van der Waals surface area contributed by atoms with Gasteiger partial charge in [0.1, 0.15) is 5.75 Å². The van der Waals surface area contributed by atoms with E-state index in [0.29, 0.717) is 30.2 Å². The minimum Gasteiger partial charge on any atom is -0.492 e. The van der Waals surface area contributed by atoms with Crippen molar-refractivity contribution in [1.82, 2.24) is 5.32 Å². The molecule has 0 fully saturated rings. The molecule has 0 aliphatic carbocycles. The van der Waals surface area contributed by atoms with Crippen LogP contribution in [-0.4, -0.2) is 30.9 Å². The van der Waals surface area contributed by atoms with E-state index in [2.05, 4.69) is 5.32 Å². The van der Waals surface area contributed by atoms with E-state index in [-0.39, 0.29) is 17.0 Å². The molecule has 6 heteroatoms. The number of hydrogen-bond acceptors (Lipinski definition) is 4. The second-order valence-electron chi connectivity index (χ2n) is 5.86. The number of ether oxygens (including phenoxy) is 1. The summed E-state index contributed by atoms with van der Waals surface area (Å²) in [5, 5.41) is 2.77. The third-order valence-electron chi connectivity index (χ3n) is 4.09. The Kier molecular flexibility index (Phi) is 5.02. The molecule has 3 rings (SSSR count). The van der Waals surface area contributed by atoms with Gasteiger partial charge in [-0.25, -0.2) is 4.90 Å². The topological polar surface area (TPSA) is 75.7 Å². The molecule has 0 aromatic heterocycles. The highest BCUT2D eigenvalue weighted by molar-refractivity contribution is 6.35. The standard InChI is InChI=1S/C20H20N2O4/c1-3-11-21-18(23)13-9-10-14-15(12-13)20(25)22(19(14)24)16-7-5-6-8-17(16)26-4-2/h5-10,12H,3-4,11H2,1-2H3,(H,21,23). The minimum absolute atomic E-state index is 0.227. The highest BCUT2D eigenvalue weighted by atomic mass is 16.5. The average Bonchev–Trinajstić information content (AvgIpc) is 2.91. The number of fused-ring (bicyclic) bond motifs is 1. The first-order valence-electron chi connectivity index (χ1n) is 8.61. The third-order valence-corrected chi connectivity index (χ3v) is 4.09. The van der Waals surface area contributed by atoms with E-state index in [1.165, 1.54) is 12.1 Å². The van der Waals surface area contributed by atoms with Gasteiger partial charge in [0.25, 0.3) is 17.7 Å². The van der Waals surface area contributed by atoms with Gasteiger partial charge in [0.05, 0.1) is 23.4 Å². The molecule has 2 aromatic rings. The maximum atomic E-state index is 12.9. The lowest BCUT2D eigenvalue weighted by molar-refractivity contribution is 0.0922. The zero-order valence-electron chi connectivity index (χ0n) is 14.7. The van der Waals surface area contributed by atoms with E-state index in [4.69, 9.17) is 4.74 Å². The number of carbonyl (C=O) groups excluding carboxylic acids is 3. The van der Waals surface area contributed by atoms with Crippen molar-refractivity contribution < 1.29 is 19.1 Å². The van der Waals surface area contributed by atoms with E-state index < -0.39 is 11.8 Å². The predicted octanol–water partition coefficient (Wildman–Crippen LogP) is 3.03. The fraction of sp³-hybridized carbons (Fsp3) is 0.250. The lowest BCUT2D eigenvalue weighted by Crippen LogP contribution is -2.29. The number of benzene rings is 2. The largest absolute Gasteiger partial charge is 0.492 e. The molecule has 1 aliphatic heterocycles. The molecule has 0 bridgehead atoms. The first kappa shape index (κ1) is 17.7. The summed E-state index contributed by atoms with van der Waals surface area (Å²) in [5.41, 5.74) is 1.27. The maximum Gasteiger partial charge on any atom is 0.266 e. The molecule has 1 heterocycles. The van der Waals surface area contributed by atoms with Gasteiger partial charge >= 0.3 is 0 Å². The average molecular weight is 352 g/mol. The van der Waals surface area contributed by atoms with Crippen molar-refractivity contribution in [2.24, 2.45) is 0 Å². The van der Waals surface area contributed by atoms with Crippen LogP contribution in [0.5, 0.6) is 5.75 Å². The van der Waals surface area contributed by atoms with Crippen LogP contribution in [0.4, 0.5) is 5.69 Å². The molecular formula is C20H20N2O4. The summed E-state index contributed by atoms with van der Waals surface area (Å²) in [6, 6.07) is 11.5. The second-order valence-corrected chi connectivity index (χ2v) is 5.86. The number of amides is 3. The first-order valence-corrected chi connectivity index (χ1v) is 8.61. The molecule has 2 aromatic carbocycles. The van der Waals surface area contributed by atoms with Gasteiger partial charge in [0, 0.05) is 12.1 Å². The van der Waals surface area contributed by atoms with Crippen LogP contribution in [0.15, 0.2) is 42.5 Å². The van der Waals surface area contributed by atoms with Crippen LogP contribution in [0, 0.1) is 0 Å². The van der Waals surface area contributed by atoms with E-state index in [1.54, 1.807) is 30.3 Å². The Hall–Kier alpha value is -3.15. The minimum atomic E-state index is -0.456. The van der Waals surface area contributed by atoms with E-state index in [9.17, 15) is 14.4 Å². The molecule has 3 amide bonds. The maximum absolute atomic E-state index is 12.9. The van der Waals surface area contributed by atoms with Gasteiger partial charge in [-0.2, -0.15) is 0 Å². The molecule has 26 heavy (non-hydrogen) atoms. The number of anilines is 1.